The van der Waals surface area contributed by atoms with E-state index in [-0.39, 0.29) is 6.61 Å². The third kappa shape index (κ3) is 4.77. The Labute approximate surface area is 135 Å². The van der Waals surface area contributed by atoms with E-state index in [4.69, 9.17) is 15.0 Å². The smallest absolute Gasteiger partial charge is 0.397 e. The van der Waals surface area contributed by atoms with E-state index in [0.29, 0.717) is 5.56 Å². The number of methoxy groups -OCH3 is 1. The highest BCUT2D eigenvalue weighted by molar-refractivity contribution is 7.80. The number of hydrogen-bond acceptors (Lipinski definition) is 5. The molecule has 2 rings (SSSR count). The number of hydrogen-bond donors (Lipinski definition) is 2. The molecule has 124 valence electrons. The molecule has 2 aromatic rings. The van der Waals surface area contributed by atoms with Gasteiger partial charge in [0.05, 0.1) is 19.3 Å². The van der Waals surface area contributed by atoms with E-state index in [1.54, 1.807) is 20.1 Å². The maximum atomic E-state index is 10.7. The molecule has 0 aliphatic carbocycles. The van der Waals surface area contributed by atoms with Crippen molar-refractivity contribution in [1.29, 1.82) is 0 Å². The van der Waals surface area contributed by atoms with Crippen molar-refractivity contribution in [3.05, 3.63) is 54.1 Å². The Morgan fingerprint density at radius 2 is 1.74 bits per heavy atom. The first-order valence-electron chi connectivity index (χ1n) is 6.87. The number of ether oxygens (including phenoxy) is 1. The summed E-state index contributed by atoms with van der Waals surface area (Å²) in [6, 6.07) is 14.9. The van der Waals surface area contributed by atoms with E-state index in [2.05, 4.69) is 4.18 Å². The summed E-state index contributed by atoms with van der Waals surface area (Å²) in [6.07, 6.45) is 0. The van der Waals surface area contributed by atoms with Gasteiger partial charge in [-0.1, -0.05) is 30.3 Å². The highest BCUT2D eigenvalue weighted by atomic mass is 32.3. The molecule has 23 heavy (non-hydrogen) atoms. The summed E-state index contributed by atoms with van der Waals surface area (Å²) in [6.45, 7) is 1.26. The van der Waals surface area contributed by atoms with E-state index in [1.807, 2.05) is 42.5 Å². The van der Waals surface area contributed by atoms with Gasteiger partial charge in [-0.2, -0.15) is 8.42 Å². The van der Waals surface area contributed by atoms with Crippen molar-refractivity contribution in [2.24, 2.45) is 5.73 Å². The highest BCUT2D eigenvalue weighted by Crippen LogP contribution is 2.28. The van der Waals surface area contributed by atoms with Gasteiger partial charge < -0.3 is 10.5 Å². The number of benzene rings is 2. The lowest BCUT2D eigenvalue weighted by atomic mass is 9.91. The fraction of sp³-hybridized carbons (Fsp3) is 0.250. The first-order chi connectivity index (χ1) is 10.7. The van der Waals surface area contributed by atoms with Crippen LogP contribution in [0, 0.1) is 0 Å². The predicted octanol–water partition coefficient (Wildman–Crippen LogP) is 2.36. The summed E-state index contributed by atoms with van der Waals surface area (Å²) in [4.78, 5) is 0. The Morgan fingerprint density at radius 1 is 1.13 bits per heavy atom. The zero-order chi connectivity index (χ0) is 17.1. The second-order valence-electron chi connectivity index (χ2n) is 5.42. The highest BCUT2D eigenvalue weighted by Gasteiger charge is 2.24. The summed E-state index contributed by atoms with van der Waals surface area (Å²) in [5.41, 5.74) is 7.58. The molecule has 0 spiro atoms. The Hall–Kier alpha value is -1.93. The molecule has 0 aromatic heterocycles. The topological polar surface area (TPSA) is 98.9 Å². The van der Waals surface area contributed by atoms with E-state index in [1.165, 1.54) is 0 Å². The minimum absolute atomic E-state index is 0.368. The molecular formula is C16H19NO5S. The van der Waals surface area contributed by atoms with Crippen LogP contribution in [-0.2, 0) is 20.1 Å². The third-order valence-corrected chi connectivity index (χ3v) is 3.85. The Bertz CT molecular complexity index is 787. The molecule has 0 saturated heterocycles. The Morgan fingerprint density at radius 3 is 2.35 bits per heavy atom. The molecule has 3 N–H and O–H groups in total. The van der Waals surface area contributed by atoms with Gasteiger partial charge in [-0.3, -0.25) is 4.55 Å². The normalized spacial score (nSPS) is 14.3. The van der Waals surface area contributed by atoms with Crippen LogP contribution in [0.1, 0.15) is 12.5 Å². The van der Waals surface area contributed by atoms with Crippen molar-refractivity contribution in [3.8, 4) is 16.9 Å². The summed E-state index contributed by atoms with van der Waals surface area (Å²) in [7, 11) is -2.94. The summed E-state index contributed by atoms with van der Waals surface area (Å²) < 4.78 is 39.8. The SMILES string of the molecule is COc1cccc(-c2cccc(C(C)(N)COS(=O)(=O)O)c2)c1. The molecule has 0 amide bonds. The molecule has 0 radical (unpaired) electrons. The fourth-order valence-corrected chi connectivity index (χ4v) is 2.53. The van der Waals surface area contributed by atoms with Crippen molar-refractivity contribution in [3.63, 3.8) is 0 Å². The van der Waals surface area contributed by atoms with Crippen LogP contribution in [0.15, 0.2) is 48.5 Å². The zero-order valence-electron chi connectivity index (χ0n) is 12.9. The van der Waals surface area contributed by atoms with Gasteiger partial charge in [0.25, 0.3) is 0 Å². The van der Waals surface area contributed by atoms with E-state index >= 15 is 0 Å². The molecule has 1 atom stereocenters. The van der Waals surface area contributed by atoms with Gasteiger partial charge in [0.2, 0.25) is 0 Å². The van der Waals surface area contributed by atoms with Gasteiger partial charge in [-0.25, -0.2) is 4.18 Å². The van der Waals surface area contributed by atoms with Crippen molar-refractivity contribution in [1.82, 2.24) is 0 Å². The van der Waals surface area contributed by atoms with Crippen LogP contribution in [0.3, 0.4) is 0 Å². The Kier molecular flexibility index (Phi) is 5.06. The molecule has 6 nitrogen and oxygen atoms in total. The van der Waals surface area contributed by atoms with Gasteiger partial charge in [0, 0.05) is 0 Å². The van der Waals surface area contributed by atoms with Gasteiger partial charge in [-0.15, -0.1) is 0 Å². The predicted molar refractivity (Wildman–Crippen MR) is 87.5 cm³/mol. The lowest BCUT2D eigenvalue weighted by molar-refractivity contribution is 0.209. The molecule has 2 aromatic carbocycles. The largest absolute Gasteiger partial charge is 0.497 e. The van der Waals surface area contributed by atoms with Gasteiger partial charge in [-0.05, 0) is 41.8 Å². The standard InChI is InChI=1S/C16H19NO5S/c1-16(17,11-22-23(18,19)20)14-7-3-5-12(9-14)13-6-4-8-15(10-13)21-2/h3-10H,11,17H2,1-2H3,(H,18,19,20). The molecule has 0 fully saturated rings. The van der Waals surface area contributed by atoms with Crippen LogP contribution in [0.4, 0.5) is 0 Å². The van der Waals surface area contributed by atoms with Crippen molar-refractivity contribution in [2.45, 2.75) is 12.5 Å². The summed E-state index contributed by atoms with van der Waals surface area (Å²) in [5.74, 6) is 0.734. The Balaban J connectivity index is 2.31. The lowest BCUT2D eigenvalue weighted by Crippen LogP contribution is -2.39. The van der Waals surface area contributed by atoms with Crippen LogP contribution in [0.5, 0.6) is 5.75 Å². The first kappa shape index (κ1) is 17.4. The first-order valence-corrected chi connectivity index (χ1v) is 8.23. The zero-order valence-corrected chi connectivity index (χ0v) is 13.7. The molecule has 7 heteroatoms. The molecule has 0 aliphatic heterocycles. The van der Waals surface area contributed by atoms with Crippen LogP contribution in [-0.4, -0.2) is 26.7 Å². The monoisotopic (exact) mass is 337 g/mol. The number of rotatable bonds is 6. The van der Waals surface area contributed by atoms with Crippen LogP contribution in [0.25, 0.3) is 11.1 Å². The molecule has 0 bridgehead atoms. The molecule has 0 saturated carbocycles. The molecule has 0 heterocycles. The molecular weight excluding hydrogens is 318 g/mol. The second-order valence-corrected chi connectivity index (χ2v) is 6.51. The van der Waals surface area contributed by atoms with Crippen molar-refractivity contribution < 1.29 is 21.9 Å². The second kappa shape index (κ2) is 6.67. The minimum Gasteiger partial charge on any atom is -0.497 e. The molecule has 1 unspecified atom stereocenters. The van der Waals surface area contributed by atoms with E-state index in [9.17, 15) is 8.42 Å². The third-order valence-electron chi connectivity index (χ3n) is 3.43. The average molecular weight is 337 g/mol. The van der Waals surface area contributed by atoms with Crippen molar-refractivity contribution in [2.75, 3.05) is 13.7 Å². The van der Waals surface area contributed by atoms with Gasteiger partial charge >= 0.3 is 10.4 Å². The summed E-state index contributed by atoms with van der Waals surface area (Å²) >= 11 is 0. The average Bonchev–Trinajstić information content (AvgIpc) is 2.53. The quantitative estimate of drug-likeness (QED) is 0.785. The van der Waals surface area contributed by atoms with E-state index < -0.39 is 15.9 Å². The van der Waals surface area contributed by atoms with Crippen LogP contribution in [0.2, 0.25) is 0 Å². The van der Waals surface area contributed by atoms with Crippen LogP contribution < -0.4 is 10.5 Å². The van der Waals surface area contributed by atoms with E-state index in [0.717, 1.165) is 16.9 Å². The number of nitrogens with two attached hydrogens (primary N) is 1. The van der Waals surface area contributed by atoms with Crippen LogP contribution >= 0.6 is 0 Å². The summed E-state index contributed by atoms with van der Waals surface area (Å²) in [5, 5.41) is 0. The maximum Gasteiger partial charge on any atom is 0.397 e. The van der Waals surface area contributed by atoms with Gasteiger partial charge in [0.1, 0.15) is 5.75 Å². The lowest BCUT2D eigenvalue weighted by Gasteiger charge is -2.24. The maximum absolute atomic E-state index is 10.7. The van der Waals surface area contributed by atoms with Gasteiger partial charge in [0.15, 0.2) is 0 Å². The van der Waals surface area contributed by atoms with Crippen molar-refractivity contribution >= 4 is 10.4 Å². The fourth-order valence-electron chi connectivity index (χ4n) is 2.14. The molecule has 0 aliphatic rings. The minimum atomic E-state index is -4.53.